The molecular formula is C29H22FN3O3S. The minimum Gasteiger partial charge on any atom is -0.508 e. The molecule has 184 valence electrons. The van der Waals surface area contributed by atoms with Gasteiger partial charge >= 0.3 is 0 Å². The summed E-state index contributed by atoms with van der Waals surface area (Å²) >= 11 is 1.35. The molecule has 0 unspecified atom stereocenters. The van der Waals surface area contributed by atoms with Gasteiger partial charge in [-0.3, -0.25) is 9.78 Å². The molecule has 1 aliphatic heterocycles. The highest BCUT2D eigenvalue weighted by molar-refractivity contribution is 8.00. The number of aromatic nitrogens is 1. The number of halogens is 1. The van der Waals surface area contributed by atoms with Crippen molar-refractivity contribution in [2.75, 3.05) is 10.7 Å². The fourth-order valence-electron chi connectivity index (χ4n) is 4.36. The Morgan fingerprint density at radius 3 is 2.38 bits per heavy atom. The van der Waals surface area contributed by atoms with Crippen molar-refractivity contribution in [3.05, 3.63) is 114 Å². The highest BCUT2D eigenvalue weighted by atomic mass is 32.2. The van der Waals surface area contributed by atoms with Crippen LogP contribution in [0, 0.1) is 17.1 Å². The summed E-state index contributed by atoms with van der Waals surface area (Å²) in [4.78, 5) is 19.1. The van der Waals surface area contributed by atoms with Gasteiger partial charge in [0, 0.05) is 29.4 Å². The highest BCUT2D eigenvalue weighted by Crippen LogP contribution is 2.46. The fourth-order valence-corrected chi connectivity index (χ4v) is 5.66. The SMILES string of the molecule is N#Cc1cncc(-c2ccc(N3C(=O)[C@H](SC[C@H](O)c4ccc(F)cc4)[C@H]3c3ccc(O)cc3)cc2)c1. The number of hydrogen-bond donors (Lipinski definition) is 2. The van der Waals surface area contributed by atoms with Gasteiger partial charge in [0.2, 0.25) is 5.91 Å². The van der Waals surface area contributed by atoms with E-state index >= 15 is 0 Å². The maximum atomic E-state index is 13.3. The zero-order valence-electron chi connectivity index (χ0n) is 19.5. The van der Waals surface area contributed by atoms with Crippen molar-refractivity contribution in [1.29, 1.82) is 5.26 Å². The van der Waals surface area contributed by atoms with Crippen molar-refractivity contribution in [3.63, 3.8) is 0 Å². The number of β-lactam (4-membered cyclic amide) rings is 1. The van der Waals surface area contributed by atoms with Crippen LogP contribution in [0.15, 0.2) is 91.3 Å². The molecule has 37 heavy (non-hydrogen) atoms. The lowest BCUT2D eigenvalue weighted by atomic mass is 9.92. The summed E-state index contributed by atoms with van der Waals surface area (Å²) in [6, 6.07) is 23.5. The van der Waals surface area contributed by atoms with Crippen LogP contribution in [-0.4, -0.2) is 32.1 Å². The summed E-state index contributed by atoms with van der Waals surface area (Å²) < 4.78 is 13.2. The Morgan fingerprint density at radius 1 is 1.00 bits per heavy atom. The molecule has 0 spiro atoms. The molecule has 0 saturated carbocycles. The Kier molecular flexibility index (Phi) is 6.91. The lowest BCUT2D eigenvalue weighted by Crippen LogP contribution is -2.57. The number of phenolic OH excluding ortho intramolecular Hbond substituents is 1. The number of aliphatic hydroxyl groups excluding tert-OH is 1. The normalized spacial score (nSPS) is 17.6. The third-order valence-electron chi connectivity index (χ3n) is 6.31. The highest BCUT2D eigenvalue weighted by Gasteiger charge is 2.49. The predicted octanol–water partition coefficient (Wildman–Crippen LogP) is 5.39. The number of amides is 1. The van der Waals surface area contributed by atoms with Gasteiger partial charge < -0.3 is 15.1 Å². The van der Waals surface area contributed by atoms with Crippen molar-refractivity contribution >= 4 is 23.4 Å². The second-order valence-corrected chi connectivity index (χ2v) is 9.86. The molecule has 1 aliphatic rings. The van der Waals surface area contributed by atoms with Gasteiger partial charge in [-0.15, -0.1) is 11.8 Å². The summed E-state index contributed by atoms with van der Waals surface area (Å²) in [6.07, 6.45) is 2.34. The van der Waals surface area contributed by atoms with E-state index in [1.165, 1.54) is 42.2 Å². The van der Waals surface area contributed by atoms with Crippen molar-refractivity contribution in [3.8, 4) is 22.9 Å². The van der Waals surface area contributed by atoms with Crippen LogP contribution in [0.3, 0.4) is 0 Å². The first-order valence-electron chi connectivity index (χ1n) is 11.6. The zero-order chi connectivity index (χ0) is 25.9. The number of phenols is 1. The molecule has 8 heteroatoms. The van der Waals surface area contributed by atoms with Gasteiger partial charge in [0.05, 0.1) is 17.7 Å². The third-order valence-corrected chi connectivity index (χ3v) is 7.64. The molecule has 1 saturated heterocycles. The van der Waals surface area contributed by atoms with Gasteiger partial charge in [-0.2, -0.15) is 5.26 Å². The minimum absolute atomic E-state index is 0.0877. The summed E-state index contributed by atoms with van der Waals surface area (Å²) in [5.74, 6) is -0.0587. The molecule has 5 rings (SSSR count). The van der Waals surface area contributed by atoms with Gasteiger partial charge in [-0.05, 0) is 59.2 Å². The molecule has 1 amide bonds. The molecule has 6 nitrogen and oxygen atoms in total. The van der Waals surface area contributed by atoms with Crippen LogP contribution >= 0.6 is 11.8 Å². The lowest BCUT2D eigenvalue weighted by molar-refractivity contribution is -0.123. The van der Waals surface area contributed by atoms with E-state index in [1.807, 2.05) is 24.3 Å². The maximum absolute atomic E-state index is 13.3. The third kappa shape index (κ3) is 5.05. The molecular weight excluding hydrogens is 489 g/mol. The first kappa shape index (κ1) is 24.5. The number of hydrogen-bond acceptors (Lipinski definition) is 6. The molecule has 3 aromatic carbocycles. The molecule has 0 aliphatic carbocycles. The largest absolute Gasteiger partial charge is 0.508 e. The second kappa shape index (κ2) is 10.4. The van der Waals surface area contributed by atoms with Crippen molar-refractivity contribution in [2.45, 2.75) is 17.4 Å². The van der Waals surface area contributed by atoms with Crippen molar-refractivity contribution < 1.29 is 19.4 Å². The van der Waals surface area contributed by atoms with Crippen LogP contribution in [0.2, 0.25) is 0 Å². The molecule has 3 atom stereocenters. The Hall–Kier alpha value is -4.19. The summed E-state index contributed by atoms with van der Waals surface area (Å²) in [5.41, 5.74) is 4.31. The van der Waals surface area contributed by atoms with E-state index in [0.717, 1.165) is 16.7 Å². The summed E-state index contributed by atoms with van der Waals surface area (Å²) in [6.45, 7) is 0. The van der Waals surface area contributed by atoms with Crippen LogP contribution in [0.1, 0.15) is 28.8 Å². The van der Waals surface area contributed by atoms with Gasteiger partial charge in [-0.1, -0.05) is 36.4 Å². The molecule has 4 aromatic rings. The van der Waals surface area contributed by atoms with Crippen LogP contribution in [0.5, 0.6) is 5.75 Å². The second-order valence-electron chi connectivity index (χ2n) is 8.69. The number of rotatable bonds is 7. The van der Waals surface area contributed by atoms with Gasteiger partial charge in [0.15, 0.2) is 0 Å². The predicted molar refractivity (Wildman–Crippen MR) is 140 cm³/mol. The number of nitriles is 1. The number of aliphatic hydroxyl groups is 1. The quantitative estimate of drug-likeness (QED) is 0.323. The Balaban J connectivity index is 1.38. The minimum atomic E-state index is -0.843. The molecule has 1 aromatic heterocycles. The zero-order valence-corrected chi connectivity index (χ0v) is 20.3. The van der Waals surface area contributed by atoms with Crippen molar-refractivity contribution in [2.24, 2.45) is 0 Å². The topological polar surface area (TPSA) is 97.5 Å². The summed E-state index contributed by atoms with van der Waals surface area (Å²) in [7, 11) is 0. The molecule has 0 bridgehead atoms. The molecule has 0 radical (unpaired) electrons. The Morgan fingerprint density at radius 2 is 1.70 bits per heavy atom. The maximum Gasteiger partial charge on any atom is 0.243 e. The monoisotopic (exact) mass is 511 g/mol. The number of thioether (sulfide) groups is 1. The lowest BCUT2D eigenvalue weighted by Gasteiger charge is -2.47. The summed E-state index contributed by atoms with van der Waals surface area (Å²) in [5, 5.41) is 29.1. The van der Waals surface area contributed by atoms with E-state index in [-0.39, 0.29) is 29.3 Å². The number of anilines is 1. The van der Waals surface area contributed by atoms with E-state index in [1.54, 1.807) is 41.4 Å². The van der Waals surface area contributed by atoms with E-state index in [9.17, 15) is 19.4 Å². The number of carbonyl (C=O) groups is 1. The average molecular weight is 512 g/mol. The molecule has 2 heterocycles. The standard InChI is InChI=1S/C29H22FN3O3S/c30-23-7-1-20(2-8-23)26(35)17-37-28-27(21-5-11-25(34)12-6-21)33(29(28)36)24-9-3-19(4-10-24)22-13-18(14-31)15-32-16-22/h1-13,15-16,26-28,34-35H,17H2/t26-,27+,28+/m0/s1. The first-order valence-corrected chi connectivity index (χ1v) is 12.6. The fraction of sp³-hybridized carbons (Fsp3) is 0.138. The van der Waals surface area contributed by atoms with Crippen LogP contribution in [0.4, 0.5) is 10.1 Å². The first-order chi connectivity index (χ1) is 17.9. The number of benzene rings is 3. The average Bonchev–Trinajstić information content (AvgIpc) is 2.93. The van der Waals surface area contributed by atoms with Gasteiger partial charge in [0.25, 0.3) is 0 Å². The van der Waals surface area contributed by atoms with Gasteiger partial charge in [0.1, 0.15) is 22.9 Å². The molecule has 1 fully saturated rings. The van der Waals surface area contributed by atoms with E-state index in [0.29, 0.717) is 16.8 Å². The van der Waals surface area contributed by atoms with E-state index in [2.05, 4.69) is 11.1 Å². The number of carbonyl (C=O) groups excluding carboxylic acids is 1. The van der Waals surface area contributed by atoms with Crippen LogP contribution in [0.25, 0.3) is 11.1 Å². The number of nitrogens with zero attached hydrogens (tertiary/aromatic N) is 3. The van der Waals surface area contributed by atoms with Crippen LogP contribution in [-0.2, 0) is 4.79 Å². The van der Waals surface area contributed by atoms with E-state index in [4.69, 9.17) is 5.26 Å². The Bertz CT molecular complexity index is 1450. The van der Waals surface area contributed by atoms with Gasteiger partial charge in [-0.25, -0.2) is 4.39 Å². The smallest absolute Gasteiger partial charge is 0.243 e. The number of pyridine rings is 1. The number of aromatic hydroxyl groups is 1. The van der Waals surface area contributed by atoms with Crippen molar-refractivity contribution in [1.82, 2.24) is 4.98 Å². The molecule has 2 N–H and O–H groups in total. The Labute approximate surface area is 217 Å². The van der Waals surface area contributed by atoms with E-state index < -0.39 is 11.4 Å². The van der Waals surface area contributed by atoms with Crippen LogP contribution < -0.4 is 4.90 Å².